The molecule has 0 saturated carbocycles. The molecule has 11 nitrogen and oxygen atoms in total. The van der Waals surface area contributed by atoms with Crippen LogP contribution in [0.1, 0.15) is 32.6 Å². The zero-order valence-electron chi connectivity index (χ0n) is 13.9. The Balaban J connectivity index is -0.000000354. The first-order chi connectivity index (χ1) is 10.7. The van der Waals surface area contributed by atoms with E-state index in [2.05, 4.69) is 22.2 Å². The highest BCUT2D eigenvalue weighted by molar-refractivity contribution is 5.95. The van der Waals surface area contributed by atoms with Gasteiger partial charge in [-0.05, 0) is 19.3 Å². The van der Waals surface area contributed by atoms with Crippen molar-refractivity contribution < 1.29 is 9.90 Å². The number of hydrogen-bond donors (Lipinski definition) is 8. The van der Waals surface area contributed by atoms with Crippen LogP contribution in [0, 0.1) is 5.41 Å². The lowest BCUT2D eigenvalue weighted by molar-refractivity contribution is -0.138. The number of unbranched alkanes of at least 4 members (excludes halogenated alkanes) is 1. The van der Waals surface area contributed by atoms with Gasteiger partial charge >= 0.3 is 5.97 Å². The van der Waals surface area contributed by atoms with Gasteiger partial charge in [-0.3, -0.25) is 25.5 Å². The van der Waals surface area contributed by atoms with Crippen molar-refractivity contribution in [3.63, 3.8) is 0 Å². The number of nitrogens with two attached hydrogens (primary N) is 5. The van der Waals surface area contributed by atoms with E-state index in [-0.39, 0.29) is 30.3 Å². The number of carbonyl (C=O) groups is 1. The molecule has 0 aliphatic carbocycles. The molecule has 0 rings (SSSR count). The van der Waals surface area contributed by atoms with Gasteiger partial charge < -0.3 is 33.8 Å². The molecule has 0 radical (unpaired) electrons. The standard InChI is InChI=1S/C6H15N5.C6H14N4O2.ClH/c1-2-3-4-10-6(9)11-5(7)8;7-4(5(11)12)2-1-3-10-6(8)9;/h2-4H2,1H3,(H6,7,8,9,10,11);4H,1-3,7H2,(H,11,12)(H4,8,9,10);1H. The van der Waals surface area contributed by atoms with E-state index in [1.54, 1.807) is 0 Å². The Hall–Kier alpha value is -2.27. The lowest BCUT2D eigenvalue weighted by Crippen LogP contribution is -2.40. The summed E-state index contributed by atoms with van der Waals surface area (Å²) in [4.78, 5) is 17.8. The second-order valence-corrected chi connectivity index (χ2v) is 4.55. The van der Waals surface area contributed by atoms with Crippen molar-refractivity contribution in [2.24, 2.45) is 38.7 Å². The van der Waals surface area contributed by atoms with Gasteiger partial charge in [-0.2, -0.15) is 0 Å². The van der Waals surface area contributed by atoms with Crippen molar-refractivity contribution in [1.29, 1.82) is 5.41 Å². The Morgan fingerprint density at radius 1 is 1.17 bits per heavy atom. The maximum atomic E-state index is 10.2. The summed E-state index contributed by atoms with van der Waals surface area (Å²) in [6.45, 7) is 3.18. The fraction of sp³-hybridized carbons (Fsp3) is 0.667. The molecule has 0 heterocycles. The van der Waals surface area contributed by atoms with E-state index in [1.807, 2.05) is 0 Å². The van der Waals surface area contributed by atoms with Gasteiger partial charge in [0, 0.05) is 13.1 Å². The summed E-state index contributed by atoms with van der Waals surface area (Å²) in [7, 11) is 0. The third kappa shape index (κ3) is 22.0. The third-order valence-corrected chi connectivity index (χ3v) is 2.34. The highest BCUT2D eigenvalue weighted by Gasteiger charge is 2.09. The molecule has 0 aromatic heterocycles. The minimum atomic E-state index is -1.00. The van der Waals surface area contributed by atoms with E-state index in [0.717, 1.165) is 12.8 Å². The van der Waals surface area contributed by atoms with Gasteiger partial charge in [0.2, 0.25) is 0 Å². The molecule has 12 heteroatoms. The molecular weight excluding hydrogens is 338 g/mol. The molecule has 0 saturated heterocycles. The summed E-state index contributed by atoms with van der Waals surface area (Å²) < 4.78 is 0. The van der Waals surface area contributed by atoms with E-state index in [9.17, 15) is 4.79 Å². The minimum Gasteiger partial charge on any atom is -0.480 e. The van der Waals surface area contributed by atoms with E-state index >= 15 is 0 Å². The highest BCUT2D eigenvalue weighted by Crippen LogP contribution is 1.94. The van der Waals surface area contributed by atoms with Crippen LogP contribution in [0.4, 0.5) is 0 Å². The van der Waals surface area contributed by atoms with Gasteiger partial charge in [-0.1, -0.05) is 13.3 Å². The second-order valence-electron chi connectivity index (χ2n) is 4.55. The zero-order valence-corrected chi connectivity index (χ0v) is 14.7. The van der Waals surface area contributed by atoms with Crippen molar-refractivity contribution >= 4 is 36.3 Å². The van der Waals surface area contributed by atoms with E-state index < -0.39 is 12.0 Å². The number of hydrogen-bond acceptors (Lipinski definition) is 5. The number of aliphatic carboxylic acids is 1. The molecule has 0 aliphatic rings. The maximum Gasteiger partial charge on any atom is 0.320 e. The molecule has 0 aromatic rings. The van der Waals surface area contributed by atoms with Crippen molar-refractivity contribution in [2.75, 3.05) is 13.1 Å². The Labute approximate surface area is 148 Å². The topological polar surface area (TPSA) is 228 Å². The number of nitrogens with one attached hydrogen (secondary N) is 2. The normalized spacial score (nSPS) is 11.2. The molecule has 0 spiro atoms. The van der Waals surface area contributed by atoms with Gasteiger partial charge in [-0.15, -0.1) is 12.4 Å². The van der Waals surface area contributed by atoms with Crippen LogP contribution in [0.15, 0.2) is 9.98 Å². The highest BCUT2D eigenvalue weighted by atomic mass is 35.5. The summed E-state index contributed by atoms with van der Waals surface area (Å²) in [5.41, 5.74) is 25.7. The molecule has 1 unspecified atom stereocenters. The molecule has 0 amide bonds. The number of carboxylic acid groups (broad SMARTS) is 1. The monoisotopic (exact) mass is 367 g/mol. The first-order valence-corrected chi connectivity index (χ1v) is 7.15. The predicted octanol–water partition coefficient (Wildman–Crippen LogP) is -1.54. The van der Waals surface area contributed by atoms with E-state index in [4.69, 9.17) is 39.2 Å². The molecule has 0 aromatic carbocycles. The van der Waals surface area contributed by atoms with Crippen molar-refractivity contribution in [2.45, 2.75) is 38.6 Å². The molecule has 142 valence electrons. The first kappa shape index (κ1) is 26.6. The van der Waals surface area contributed by atoms with Gasteiger partial charge in [0.1, 0.15) is 6.04 Å². The summed E-state index contributed by atoms with van der Waals surface area (Å²) in [6, 6.07) is -0.820. The number of nitrogens with zero attached hydrogens (tertiary/aromatic N) is 2. The predicted molar refractivity (Wildman–Crippen MR) is 99.2 cm³/mol. The van der Waals surface area contributed by atoms with Gasteiger partial charge in [-0.25, -0.2) is 0 Å². The number of rotatable bonds is 8. The molecule has 0 aliphatic heterocycles. The van der Waals surface area contributed by atoms with Crippen molar-refractivity contribution in [3.8, 4) is 0 Å². The van der Waals surface area contributed by atoms with Crippen LogP contribution in [0.2, 0.25) is 0 Å². The Bertz CT molecular complexity index is 411. The van der Waals surface area contributed by atoms with Crippen LogP contribution in [-0.2, 0) is 4.79 Å². The smallest absolute Gasteiger partial charge is 0.320 e. The first-order valence-electron chi connectivity index (χ1n) is 7.15. The van der Waals surface area contributed by atoms with Crippen LogP contribution in [0.3, 0.4) is 0 Å². The lowest BCUT2D eigenvalue weighted by atomic mass is 10.2. The Kier molecular flexibility index (Phi) is 19.0. The Morgan fingerprint density at radius 2 is 1.71 bits per heavy atom. The zero-order chi connectivity index (χ0) is 18.3. The number of halogens is 1. The van der Waals surface area contributed by atoms with Gasteiger partial charge in [0.15, 0.2) is 17.9 Å². The number of guanidine groups is 3. The van der Waals surface area contributed by atoms with Crippen LogP contribution in [0.25, 0.3) is 0 Å². The average Bonchev–Trinajstić information content (AvgIpc) is 2.43. The van der Waals surface area contributed by atoms with Crippen molar-refractivity contribution in [1.82, 2.24) is 5.32 Å². The van der Waals surface area contributed by atoms with Crippen molar-refractivity contribution in [3.05, 3.63) is 0 Å². The number of carboxylic acids is 1. The summed E-state index contributed by atoms with van der Waals surface area (Å²) >= 11 is 0. The number of aliphatic imine (C=N–C) groups is 2. The molecule has 13 N–H and O–H groups in total. The van der Waals surface area contributed by atoms with Gasteiger partial charge in [0.05, 0.1) is 0 Å². The summed E-state index contributed by atoms with van der Waals surface area (Å²) in [5.74, 6) is -0.952. The quantitative estimate of drug-likeness (QED) is 0.142. The second kappa shape index (κ2) is 17.1. The third-order valence-electron chi connectivity index (χ3n) is 2.34. The van der Waals surface area contributed by atoms with Crippen LogP contribution in [-0.4, -0.2) is 48.1 Å². The molecule has 0 fully saturated rings. The molecule has 1 atom stereocenters. The lowest BCUT2D eigenvalue weighted by Gasteiger charge is -2.03. The van der Waals surface area contributed by atoms with E-state index in [1.165, 1.54) is 0 Å². The van der Waals surface area contributed by atoms with Gasteiger partial charge in [0.25, 0.3) is 0 Å². The fourth-order valence-corrected chi connectivity index (χ4v) is 1.18. The minimum absolute atomic E-state index is 0. The fourth-order valence-electron chi connectivity index (χ4n) is 1.18. The van der Waals surface area contributed by atoms with Crippen LogP contribution in [0.5, 0.6) is 0 Å². The van der Waals surface area contributed by atoms with E-state index in [0.29, 0.717) is 25.9 Å². The average molecular weight is 368 g/mol. The maximum absolute atomic E-state index is 10.2. The van der Waals surface area contributed by atoms with Crippen LogP contribution >= 0.6 is 12.4 Å². The van der Waals surface area contributed by atoms with Crippen LogP contribution < -0.4 is 34.0 Å². The SMILES string of the molecule is CCCCN=C(N)NC(=N)N.Cl.NC(N)=NCCCC(N)C(=O)O. The molecule has 24 heavy (non-hydrogen) atoms. The summed E-state index contributed by atoms with van der Waals surface area (Å²) in [5, 5.41) is 17.6. The molecule has 0 bridgehead atoms. The largest absolute Gasteiger partial charge is 0.480 e. The Morgan fingerprint density at radius 3 is 2.12 bits per heavy atom. The molecular formula is C12H30ClN9O2. The summed E-state index contributed by atoms with van der Waals surface area (Å²) in [6.07, 6.45) is 3.04.